The van der Waals surface area contributed by atoms with E-state index in [1.54, 1.807) is 19.2 Å². The number of carbonyl (C=O) groups excluding carboxylic acids is 1. The van der Waals surface area contributed by atoms with Gasteiger partial charge in [0.15, 0.2) is 11.5 Å². The topological polar surface area (TPSA) is 76.1 Å². The van der Waals surface area contributed by atoms with Crippen molar-refractivity contribution in [3.05, 3.63) is 42.1 Å². The number of carbonyl (C=O) groups is 1. The Morgan fingerprint density at radius 1 is 1.19 bits per heavy atom. The highest BCUT2D eigenvalue weighted by molar-refractivity contribution is 5.92. The van der Waals surface area contributed by atoms with E-state index >= 15 is 0 Å². The van der Waals surface area contributed by atoms with Crippen molar-refractivity contribution in [3.63, 3.8) is 0 Å². The largest absolute Gasteiger partial charge is 0.495 e. The maximum Gasteiger partial charge on any atom is 0.272 e. The van der Waals surface area contributed by atoms with Gasteiger partial charge in [-0.15, -0.1) is 10.2 Å². The molecule has 1 fully saturated rings. The zero-order chi connectivity index (χ0) is 14.7. The number of methoxy groups -OCH3 is 1. The lowest BCUT2D eigenvalue weighted by Crippen LogP contribution is -2.26. The summed E-state index contributed by atoms with van der Waals surface area (Å²) in [5, 5.41) is 14.0. The molecule has 1 heterocycles. The Morgan fingerprint density at radius 3 is 2.67 bits per heavy atom. The van der Waals surface area contributed by atoms with Gasteiger partial charge in [0.1, 0.15) is 5.75 Å². The molecule has 0 radical (unpaired) electrons. The molecule has 1 amide bonds. The number of nitrogens with one attached hydrogen (secondary N) is 2. The van der Waals surface area contributed by atoms with Crippen LogP contribution in [-0.2, 0) is 0 Å². The normalized spacial score (nSPS) is 13.6. The molecule has 0 unspecified atom stereocenters. The number of nitrogens with zero attached hydrogens (tertiary/aromatic N) is 2. The molecule has 2 N–H and O–H groups in total. The Hall–Kier alpha value is -2.63. The fourth-order valence-electron chi connectivity index (χ4n) is 1.89. The highest BCUT2D eigenvalue weighted by Gasteiger charge is 2.24. The van der Waals surface area contributed by atoms with Crippen LogP contribution in [0.5, 0.6) is 5.75 Å². The molecule has 0 atom stereocenters. The zero-order valence-electron chi connectivity index (χ0n) is 11.7. The number of benzene rings is 1. The minimum Gasteiger partial charge on any atom is -0.495 e. The van der Waals surface area contributed by atoms with Crippen molar-refractivity contribution in [2.45, 2.75) is 18.9 Å². The molecular formula is C15H16N4O2. The monoisotopic (exact) mass is 284 g/mol. The van der Waals surface area contributed by atoms with Crippen molar-refractivity contribution in [1.82, 2.24) is 15.5 Å². The first kappa shape index (κ1) is 13.4. The van der Waals surface area contributed by atoms with Gasteiger partial charge >= 0.3 is 0 Å². The highest BCUT2D eigenvalue weighted by Crippen LogP contribution is 2.25. The van der Waals surface area contributed by atoms with Crippen molar-refractivity contribution < 1.29 is 9.53 Å². The molecule has 0 saturated heterocycles. The van der Waals surface area contributed by atoms with Gasteiger partial charge in [-0.25, -0.2) is 0 Å². The van der Waals surface area contributed by atoms with Gasteiger partial charge in [0.2, 0.25) is 0 Å². The lowest BCUT2D eigenvalue weighted by Gasteiger charge is -2.09. The number of para-hydroxylation sites is 2. The molecule has 1 aromatic carbocycles. The number of hydrogen-bond donors (Lipinski definition) is 2. The van der Waals surface area contributed by atoms with Crippen LogP contribution in [0, 0.1) is 0 Å². The van der Waals surface area contributed by atoms with Crippen LogP contribution in [0.1, 0.15) is 23.3 Å². The van der Waals surface area contributed by atoms with Gasteiger partial charge in [-0.1, -0.05) is 12.1 Å². The van der Waals surface area contributed by atoms with Crippen molar-refractivity contribution in [2.24, 2.45) is 0 Å². The first-order valence-corrected chi connectivity index (χ1v) is 6.81. The van der Waals surface area contributed by atoms with E-state index in [1.807, 2.05) is 24.3 Å². The van der Waals surface area contributed by atoms with E-state index < -0.39 is 0 Å². The standard InChI is InChI=1S/C15H16N4O2/c1-21-13-5-3-2-4-11(13)17-14-9-8-12(18-19-14)15(20)16-10-6-7-10/h2-5,8-10H,6-7H2,1H3,(H,16,20)(H,17,19). The van der Waals surface area contributed by atoms with E-state index in [4.69, 9.17) is 4.74 Å². The second kappa shape index (κ2) is 5.78. The number of anilines is 2. The Balaban J connectivity index is 1.70. The maximum absolute atomic E-state index is 11.8. The van der Waals surface area contributed by atoms with Crippen molar-refractivity contribution >= 4 is 17.4 Å². The fourth-order valence-corrected chi connectivity index (χ4v) is 1.89. The summed E-state index contributed by atoms with van der Waals surface area (Å²) >= 11 is 0. The maximum atomic E-state index is 11.8. The van der Waals surface area contributed by atoms with E-state index in [-0.39, 0.29) is 5.91 Å². The molecule has 6 nitrogen and oxygen atoms in total. The van der Waals surface area contributed by atoms with Gasteiger partial charge in [-0.2, -0.15) is 0 Å². The molecule has 0 spiro atoms. The van der Waals surface area contributed by atoms with Gasteiger partial charge in [0, 0.05) is 6.04 Å². The van der Waals surface area contributed by atoms with E-state index in [2.05, 4.69) is 20.8 Å². The molecule has 6 heteroatoms. The lowest BCUT2D eigenvalue weighted by atomic mass is 10.3. The van der Waals surface area contributed by atoms with Crippen molar-refractivity contribution in [3.8, 4) is 5.75 Å². The lowest BCUT2D eigenvalue weighted by molar-refractivity contribution is 0.0945. The van der Waals surface area contributed by atoms with Crippen LogP contribution in [0.3, 0.4) is 0 Å². The number of amides is 1. The van der Waals surface area contributed by atoms with Crippen LogP contribution >= 0.6 is 0 Å². The van der Waals surface area contributed by atoms with Gasteiger partial charge in [0.25, 0.3) is 5.91 Å². The molecule has 108 valence electrons. The minimum absolute atomic E-state index is 0.172. The molecule has 0 bridgehead atoms. The average molecular weight is 284 g/mol. The summed E-state index contributed by atoms with van der Waals surface area (Å²) in [6, 6.07) is 11.2. The summed E-state index contributed by atoms with van der Waals surface area (Å²) in [5.41, 5.74) is 1.12. The van der Waals surface area contributed by atoms with Gasteiger partial charge in [-0.3, -0.25) is 4.79 Å². The summed E-state index contributed by atoms with van der Waals surface area (Å²) in [5.74, 6) is 1.10. The van der Waals surface area contributed by atoms with Gasteiger partial charge in [0.05, 0.1) is 12.8 Å². The predicted molar refractivity (Wildman–Crippen MR) is 78.8 cm³/mol. The molecule has 0 aliphatic heterocycles. The molecule has 1 saturated carbocycles. The number of rotatable bonds is 5. The van der Waals surface area contributed by atoms with E-state index in [0.29, 0.717) is 17.6 Å². The number of hydrogen-bond acceptors (Lipinski definition) is 5. The second-order valence-electron chi connectivity index (χ2n) is 4.88. The van der Waals surface area contributed by atoms with Crippen LogP contribution < -0.4 is 15.4 Å². The third-order valence-electron chi connectivity index (χ3n) is 3.18. The SMILES string of the molecule is COc1ccccc1Nc1ccc(C(=O)NC2CC2)nn1. The van der Waals surface area contributed by atoms with Crippen molar-refractivity contribution in [2.75, 3.05) is 12.4 Å². The summed E-state index contributed by atoms with van der Waals surface area (Å²) in [7, 11) is 1.61. The Bertz CT molecular complexity index is 638. The second-order valence-corrected chi connectivity index (χ2v) is 4.88. The molecule has 1 aliphatic carbocycles. The summed E-state index contributed by atoms with van der Waals surface area (Å²) in [6.45, 7) is 0. The van der Waals surface area contributed by atoms with Crippen molar-refractivity contribution in [1.29, 1.82) is 0 Å². The first-order valence-electron chi connectivity index (χ1n) is 6.81. The Labute approximate surface area is 122 Å². The fraction of sp³-hybridized carbons (Fsp3) is 0.267. The summed E-state index contributed by atoms with van der Waals surface area (Å²) in [6.07, 6.45) is 2.10. The molecule has 1 aliphatic rings. The van der Waals surface area contributed by atoms with E-state index in [0.717, 1.165) is 24.3 Å². The Kier molecular flexibility index (Phi) is 3.68. The van der Waals surface area contributed by atoms with Crippen LogP contribution in [0.15, 0.2) is 36.4 Å². The predicted octanol–water partition coefficient (Wildman–Crippen LogP) is 2.12. The summed E-state index contributed by atoms with van der Waals surface area (Å²) < 4.78 is 5.26. The molecule has 3 rings (SSSR count). The van der Waals surface area contributed by atoms with Crippen LogP contribution in [0.25, 0.3) is 0 Å². The third kappa shape index (κ3) is 3.28. The van der Waals surface area contributed by atoms with E-state index in [9.17, 15) is 4.79 Å². The van der Waals surface area contributed by atoms with Crippen LogP contribution in [-0.4, -0.2) is 29.3 Å². The van der Waals surface area contributed by atoms with E-state index in [1.165, 1.54) is 0 Å². The van der Waals surface area contributed by atoms with Gasteiger partial charge < -0.3 is 15.4 Å². The zero-order valence-corrected chi connectivity index (χ0v) is 11.7. The molecule has 1 aromatic heterocycles. The highest BCUT2D eigenvalue weighted by atomic mass is 16.5. The Morgan fingerprint density at radius 2 is 2.00 bits per heavy atom. The first-order chi connectivity index (χ1) is 10.3. The van der Waals surface area contributed by atoms with Crippen LogP contribution in [0.2, 0.25) is 0 Å². The third-order valence-corrected chi connectivity index (χ3v) is 3.18. The smallest absolute Gasteiger partial charge is 0.272 e. The van der Waals surface area contributed by atoms with Crippen LogP contribution in [0.4, 0.5) is 11.5 Å². The quantitative estimate of drug-likeness (QED) is 0.879. The van der Waals surface area contributed by atoms with Gasteiger partial charge in [-0.05, 0) is 37.1 Å². The minimum atomic E-state index is -0.172. The summed E-state index contributed by atoms with van der Waals surface area (Å²) in [4.78, 5) is 11.8. The number of ether oxygens (including phenoxy) is 1. The molecular weight excluding hydrogens is 268 g/mol. The molecule has 21 heavy (non-hydrogen) atoms. The average Bonchev–Trinajstić information content (AvgIpc) is 3.32. The number of aromatic nitrogens is 2. The molecule has 2 aromatic rings.